The van der Waals surface area contributed by atoms with E-state index in [0.717, 1.165) is 32.5 Å². The Hall–Kier alpha value is -0.340. The largest absolute Gasteiger partial charge is 0.350 e. The smallest absolute Gasteiger partial charge is 0.174 e. The van der Waals surface area contributed by atoms with Gasteiger partial charge in [-0.05, 0) is 32.6 Å². The monoisotopic (exact) mass is 196 g/mol. The summed E-state index contributed by atoms with van der Waals surface area (Å²) in [5.74, 6) is -0.268. The van der Waals surface area contributed by atoms with E-state index in [1.807, 2.05) is 13.0 Å². The Morgan fingerprint density at radius 3 is 3.00 bits per heavy atom. The molecule has 2 atom stereocenters. The topological polar surface area (TPSA) is 18.5 Å². The van der Waals surface area contributed by atoms with Crippen molar-refractivity contribution in [3.8, 4) is 0 Å². The van der Waals surface area contributed by atoms with Crippen molar-refractivity contribution < 1.29 is 9.47 Å². The van der Waals surface area contributed by atoms with Gasteiger partial charge in [0.05, 0.1) is 6.61 Å². The summed E-state index contributed by atoms with van der Waals surface area (Å²) in [4.78, 5) is 0. The molecule has 0 N–H and O–H groups in total. The molecule has 1 aliphatic heterocycles. The van der Waals surface area contributed by atoms with Gasteiger partial charge < -0.3 is 9.47 Å². The molecule has 0 spiro atoms. The normalized spacial score (nSPS) is 41.2. The molecule has 1 heterocycles. The van der Waals surface area contributed by atoms with Crippen LogP contribution in [0.15, 0.2) is 12.7 Å². The quantitative estimate of drug-likeness (QED) is 0.644. The molecular formula is C12H20O2. The van der Waals surface area contributed by atoms with Crippen LogP contribution in [0, 0.1) is 5.41 Å². The summed E-state index contributed by atoms with van der Waals surface area (Å²) in [6.45, 7) is 7.51. The number of fused-ring (bicyclic) bond motifs is 1. The van der Waals surface area contributed by atoms with Crippen molar-refractivity contribution in [3.63, 3.8) is 0 Å². The van der Waals surface area contributed by atoms with Gasteiger partial charge in [-0.3, -0.25) is 0 Å². The lowest BCUT2D eigenvalue weighted by molar-refractivity contribution is -0.244. The lowest BCUT2D eigenvalue weighted by Crippen LogP contribution is -2.42. The van der Waals surface area contributed by atoms with Gasteiger partial charge in [-0.25, -0.2) is 0 Å². The maximum absolute atomic E-state index is 5.90. The van der Waals surface area contributed by atoms with Crippen molar-refractivity contribution in [2.24, 2.45) is 5.41 Å². The van der Waals surface area contributed by atoms with E-state index in [-0.39, 0.29) is 11.2 Å². The zero-order chi connectivity index (χ0) is 10.1. The highest BCUT2D eigenvalue weighted by molar-refractivity contribution is 5.05. The van der Waals surface area contributed by atoms with E-state index in [1.165, 1.54) is 12.8 Å². The Balaban J connectivity index is 2.23. The van der Waals surface area contributed by atoms with Crippen LogP contribution in [-0.2, 0) is 9.47 Å². The lowest BCUT2D eigenvalue weighted by atomic mass is 9.77. The molecule has 0 amide bonds. The first-order chi connectivity index (χ1) is 6.79. The highest BCUT2D eigenvalue weighted by Gasteiger charge is 2.59. The average molecular weight is 196 g/mol. The van der Waals surface area contributed by atoms with Crippen LogP contribution in [0.25, 0.3) is 0 Å². The van der Waals surface area contributed by atoms with Gasteiger partial charge in [-0.2, -0.15) is 0 Å². The van der Waals surface area contributed by atoms with E-state index >= 15 is 0 Å². The molecule has 1 saturated carbocycles. The van der Waals surface area contributed by atoms with Gasteiger partial charge in [0.15, 0.2) is 5.79 Å². The van der Waals surface area contributed by atoms with Crippen molar-refractivity contribution in [3.05, 3.63) is 12.7 Å². The fourth-order valence-electron chi connectivity index (χ4n) is 3.20. The molecule has 80 valence electrons. The minimum atomic E-state index is -0.268. The van der Waals surface area contributed by atoms with E-state index in [2.05, 4.69) is 6.58 Å². The predicted molar refractivity (Wildman–Crippen MR) is 56.0 cm³/mol. The predicted octanol–water partition coefficient (Wildman–Crippen LogP) is 2.89. The summed E-state index contributed by atoms with van der Waals surface area (Å²) in [7, 11) is 0. The first-order valence-corrected chi connectivity index (χ1v) is 5.67. The highest BCUT2D eigenvalue weighted by atomic mass is 16.7. The van der Waals surface area contributed by atoms with E-state index in [4.69, 9.17) is 9.47 Å². The first-order valence-electron chi connectivity index (χ1n) is 5.67. The summed E-state index contributed by atoms with van der Waals surface area (Å²) in [6.07, 6.45) is 7.72. The van der Waals surface area contributed by atoms with Gasteiger partial charge in [0.2, 0.25) is 0 Å². The van der Waals surface area contributed by atoms with Gasteiger partial charge in [-0.1, -0.05) is 6.08 Å². The van der Waals surface area contributed by atoms with Crippen LogP contribution in [0.5, 0.6) is 0 Å². The molecule has 14 heavy (non-hydrogen) atoms. The number of allylic oxidation sites excluding steroid dienone is 1. The van der Waals surface area contributed by atoms with Gasteiger partial charge >= 0.3 is 0 Å². The van der Waals surface area contributed by atoms with Crippen molar-refractivity contribution in [2.75, 3.05) is 13.2 Å². The standard InChI is InChI=1S/C12H20O2/c1-3-6-11-7-5-8-12(11,13-4-2)14-10-9-11/h3H,1,4-10H2,2H3. The van der Waals surface area contributed by atoms with Crippen LogP contribution in [-0.4, -0.2) is 19.0 Å². The summed E-state index contributed by atoms with van der Waals surface area (Å²) in [6, 6.07) is 0. The third-order valence-corrected chi connectivity index (χ3v) is 3.80. The minimum absolute atomic E-state index is 0.241. The van der Waals surface area contributed by atoms with Crippen LogP contribution in [0.2, 0.25) is 0 Å². The van der Waals surface area contributed by atoms with Crippen molar-refractivity contribution in [1.82, 2.24) is 0 Å². The highest BCUT2D eigenvalue weighted by Crippen LogP contribution is 2.57. The van der Waals surface area contributed by atoms with E-state index < -0.39 is 0 Å². The molecule has 0 aromatic rings. The molecule has 0 aromatic carbocycles. The van der Waals surface area contributed by atoms with Crippen LogP contribution in [0.1, 0.15) is 39.0 Å². The summed E-state index contributed by atoms with van der Waals surface area (Å²) >= 11 is 0. The molecule has 2 unspecified atom stereocenters. The van der Waals surface area contributed by atoms with E-state index in [9.17, 15) is 0 Å². The maximum Gasteiger partial charge on any atom is 0.174 e. The number of hydrogen-bond donors (Lipinski definition) is 0. The van der Waals surface area contributed by atoms with Crippen molar-refractivity contribution in [2.45, 2.75) is 44.8 Å². The number of rotatable bonds is 4. The number of hydrogen-bond acceptors (Lipinski definition) is 2. The molecule has 1 aliphatic carbocycles. The Kier molecular flexibility index (Phi) is 2.67. The molecule has 2 rings (SSSR count). The van der Waals surface area contributed by atoms with Crippen LogP contribution in [0.4, 0.5) is 0 Å². The van der Waals surface area contributed by atoms with Crippen LogP contribution < -0.4 is 0 Å². The van der Waals surface area contributed by atoms with Crippen molar-refractivity contribution in [1.29, 1.82) is 0 Å². The molecule has 0 aromatic heterocycles. The van der Waals surface area contributed by atoms with E-state index in [0.29, 0.717) is 0 Å². The summed E-state index contributed by atoms with van der Waals surface area (Å²) < 4.78 is 11.8. The lowest BCUT2D eigenvalue weighted by Gasteiger charge is -2.38. The fourth-order valence-corrected chi connectivity index (χ4v) is 3.20. The Bertz CT molecular complexity index is 212. The Morgan fingerprint density at radius 1 is 1.43 bits per heavy atom. The van der Waals surface area contributed by atoms with Gasteiger partial charge in [-0.15, -0.1) is 6.58 Å². The SMILES string of the molecule is C=CCC12CCCC1(OCC)OCC2. The molecule has 1 saturated heterocycles. The number of ether oxygens (including phenoxy) is 2. The van der Waals surface area contributed by atoms with Crippen LogP contribution >= 0.6 is 0 Å². The van der Waals surface area contributed by atoms with Gasteiger partial charge in [0.25, 0.3) is 0 Å². The van der Waals surface area contributed by atoms with Crippen molar-refractivity contribution >= 4 is 0 Å². The zero-order valence-electron chi connectivity index (χ0n) is 9.05. The Labute approximate surface area is 86.3 Å². The first kappa shape index (κ1) is 10.2. The average Bonchev–Trinajstić information content (AvgIpc) is 2.60. The maximum atomic E-state index is 5.90. The molecule has 0 radical (unpaired) electrons. The van der Waals surface area contributed by atoms with Gasteiger partial charge in [0.1, 0.15) is 0 Å². The molecular weight excluding hydrogens is 176 g/mol. The molecule has 2 fully saturated rings. The Morgan fingerprint density at radius 2 is 2.29 bits per heavy atom. The second-order valence-corrected chi connectivity index (χ2v) is 4.41. The van der Waals surface area contributed by atoms with Gasteiger partial charge in [0, 0.05) is 18.4 Å². The fraction of sp³-hybridized carbons (Fsp3) is 0.833. The third kappa shape index (κ3) is 1.24. The second-order valence-electron chi connectivity index (χ2n) is 4.41. The third-order valence-electron chi connectivity index (χ3n) is 3.80. The summed E-state index contributed by atoms with van der Waals surface area (Å²) in [5, 5.41) is 0. The molecule has 2 aliphatic rings. The van der Waals surface area contributed by atoms with Crippen LogP contribution in [0.3, 0.4) is 0 Å². The molecule has 0 bridgehead atoms. The summed E-state index contributed by atoms with van der Waals surface area (Å²) in [5.41, 5.74) is 0.241. The minimum Gasteiger partial charge on any atom is -0.350 e. The molecule has 2 heteroatoms. The second kappa shape index (κ2) is 3.67. The molecule has 2 nitrogen and oxygen atoms in total. The van der Waals surface area contributed by atoms with E-state index in [1.54, 1.807) is 0 Å². The zero-order valence-corrected chi connectivity index (χ0v) is 9.05.